The number of benzene rings is 1. The van der Waals surface area contributed by atoms with Gasteiger partial charge in [-0.15, -0.1) is 0 Å². The van der Waals surface area contributed by atoms with Gasteiger partial charge in [0.05, 0.1) is 6.10 Å². The summed E-state index contributed by atoms with van der Waals surface area (Å²) >= 11 is 5.78. The average Bonchev–Trinajstić information content (AvgIpc) is 2.77. The van der Waals surface area contributed by atoms with Crippen molar-refractivity contribution in [1.82, 2.24) is 10.5 Å². The van der Waals surface area contributed by atoms with Crippen molar-refractivity contribution in [2.24, 2.45) is 0 Å². The Morgan fingerprint density at radius 3 is 2.62 bits per heavy atom. The van der Waals surface area contributed by atoms with Crippen molar-refractivity contribution in [2.45, 2.75) is 20.0 Å². The minimum Gasteiger partial charge on any atom is -0.387 e. The summed E-state index contributed by atoms with van der Waals surface area (Å²) in [7, 11) is 0. The van der Waals surface area contributed by atoms with Gasteiger partial charge < -0.3 is 20.3 Å². The second-order valence-corrected chi connectivity index (χ2v) is 5.04. The molecular formula is C14H16ClN3O3. The van der Waals surface area contributed by atoms with E-state index in [1.165, 1.54) is 0 Å². The first-order valence-corrected chi connectivity index (χ1v) is 6.76. The first-order chi connectivity index (χ1) is 9.97. The van der Waals surface area contributed by atoms with E-state index in [4.69, 9.17) is 16.1 Å². The van der Waals surface area contributed by atoms with Gasteiger partial charge in [0, 0.05) is 11.6 Å². The Hall–Kier alpha value is -2.05. The van der Waals surface area contributed by atoms with Crippen LogP contribution in [0.2, 0.25) is 5.02 Å². The van der Waals surface area contributed by atoms with Crippen LogP contribution in [-0.2, 0) is 0 Å². The first kappa shape index (κ1) is 15.3. The Labute approximate surface area is 127 Å². The molecule has 1 aromatic carbocycles. The van der Waals surface area contributed by atoms with Crippen molar-refractivity contribution in [3.63, 3.8) is 0 Å². The number of hydrogen-bond acceptors (Lipinski definition) is 4. The van der Waals surface area contributed by atoms with Crippen LogP contribution in [0.15, 0.2) is 28.8 Å². The van der Waals surface area contributed by atoms with E-state index in [1.54, 1.807) is 38.1 Å². The number of urea groups is 1. The number of anilines is 1. The van der Waals surface area contributed by atoms with Gasteiger partial charge in [-0.25, -0.2) is 4.79 Å². The molecule has 0 aliphatic heterocycles. The molecule has 0 saturated heterocycles. The molecule has 6 nitrogen and oxygen atoms in total. The number of aryl methyl sites for hydroxylation is 2. The molecule has 1 heterocycles. The molecule has 2 rings (SSSR count). The Kier molecular flexibility index (Phi) is 4.82. The quantitative estimate of drug-likeness (QED) is 0.810. The maximum absolute atomic E-state index is 11.8. The van der Waals surface area contributed by atoms with Gasteiger partial charge in [0.2, 0.25) is 0 Å². The molecule has 0 saturated carbocycles. The maximum Gasteiger partial charge on any atom is 0.319 e. The number of carbonyl (C=O) groups is 1. The topological polar surface area (TPSA) is 87.4 Å². The zero-order valence-electron chi connectivity index (χ0n) is 11.7. The second kappa shape index (κ2) is 6.60. The number of hydrogen-bond donors (Lipinski definition) is 3. The van der Waals surface area contributed by atoms with Gasteiger partial charge in [0.15, 0.2) is 5.76 Å². The van der Waals surface area contributed by atoms with Crippen molar-refractivity contribution < 1.29 is 14.4 Å². The molecule has 7 heteroatoms. The minimum absolute atomic E-state index is 0.0802. The lowest BCUT2D eigenvalue weighted by molar-refractivity contribution is 0.175. The average molecular weight is 310 g/mol. The van der Waals surface area contributed by atoms with Gasteiger partial charge in [-0.2, -0.15) is 0 Å². The Balaban J connectivity index is 1.88. The van der Waals surface area contributed by atoms with Crippen LogP contribution in [0.25, 0.3) is 0 Å². The van der Waals surface area contributed by atoms with Gasteiger partial charge in [-0.05, 0) is 31.5 Å². The minimum atomic E-state index is -0.808. The van der Waals surface area contributed by atoms with Crippen LogP contribution < -0.4 is 10.6 Å². The summed E-state index contributed by atoms with van der Waals surface area (Å²) in [5, 5.41) is 19.5. The zero-order chi connectivity index (χ0) is 15.4. The maximum atomic E-state index is 11.8. The molecule has 0 aliphatic carbocycles. The van der Waals surface area contributed by atoms with E-state index in [2.05, 4.69) is 15.8 Å². The number of carbonyl (C=O) groups excluding carboxylic acids is 1. The third-order valence-electron chi connectivity index (χ3n) is 2.98. The lowest BCUT2D eigenvalue weighted by atomic mass is 10.1. The lowest BCUT2D eigenvalue weighted by Gasteiger charge is -2.13. The molecule has 0 fully saturated rings. The van der Waals surface area contributed by atoms with Crippen LogP contribution in [0.3, 0.4) is 0 Å². The van der Waals surface area contributed by atoms with Crippen molar-refractivity contribution in [1.29, 1.82) is 0 Å². The predicted octanol–water partition coefficient (Wildman–Crippen LogP) is 2.80. The Bertz CT molecular complexity index is 605. The smallest absolute Gasteiger partial charge is 0.319 e. The molecule has 0 spiro atoms. The molecule has 112 valence electrons. The molecule has 1 aromatic heterocycles. The van der Waals surface area contributed by atoms with Crippen molar-refractivity contribution in [3.8, 4) is 0 Å². The summed E-state index contributed by atoms with van der Waals surface area (Å²) in [6.07, 6.45) is -0.808. The summed E-state index contributed by atoms with van der Waals surface area (Å²) < 4.78 is 4.95. The summed E-state index contributed by atoms with van der Waals surface area (Å²) in [5.74, 6) is 0.529. The highest BCUT2D eigenvalue weighted by Gasteiger charge is 2.13. The van der Waals surface area contributed by atoms with Crippen LogP contribution in [0.4, 0.5) is 10.5 Å². The van der Waals surface area contributed by atoms with Crippen LogP contribution in [0.1, 0.15) is 23.1 Å². The first-order valence-electron chi connectivity index (χ1n) is 6.38. The van der Waals surface area contributed by atoms with Gasteiger partial charge in [0.1, 0.15) is 11.4 Å². The second-order valence-electron chi connectivity index (χ2n) is 4.60. The van der Waals surface area contributed by atoms with Crippen LogP contribution >= 0.6 is 11.6 Å². The number of aliphatic hydroxyl groups excluding tert-OH is 1. The highest BCUT2D eigenvalue weighted by Crippen LogP contribution is 2.19. The molecular weight excluding hydrogens is 294 g/mol. The molecule has 21 heavy (non-hydrogen) atoms. The molecule has 3 N–H and O–H groups in total. The third-order valence-corrected chi connectivity index (χ3v) is 3.23. The molecule has 2 aromatic rings. The number of amides is 2. The molecule has 2 amide bonds. The summed E-state index contributed by atoms with van der Waals surface area (Å²) in [5.41, 5.74) is 1.81. The van der Waals surface area contributed by atoms with Crippen molar-refractivity contribution in [2.75, 3.05) is 11.9 Å². The molecule has 0 radical (unpaired) electrons. The summed E-state index contributed by atoms with van der Waals surface area (Å²) in [6.45, 7) is 3.52. The summed E-state index contributed by atoms with van der Waals surface area (Å²) in [4.78, 5) is 11.8. The highest BCUT2D eigenvalue weighted by molar-refractivity contribution is 6.30. The highest BCUT2D eigenvalue weighted by atomic mass is 35.5. The van der Waals surface area contributed by atoms with E-state index in [-0.39, 0.29) is 6.54 Å². The molecule has 1 atom stereocenters. The zero-order valence-corrected chi connectivity index (χ0v) is 12.4. The normalized spacial score (nSPS) is 12.0. The van der Waals surface area contributed by atoms with E-state index >= 15 is 0 Å². The van der Waals surface area contributed by atoms with E-state index in [1.807, 2.05) is 0 Å². The van der Waals surface area contributed by atoms with Crippen LogP contribution in [0.5, 0.6) is 0 Å². The number of nitrogens with zero attached hydrogens (tertiary/aromatic N) is 1. The number of aromatic nitrogens is 1. The van der Waals surface area contributed by atoms with E-state index in [0.717, 1.165) is 0 Å². The number of rotatable bonds is 4. The number of halogens is 1. The monoisotopic (exact) mass is 309 g/mol. The van der Waals surface area contributed by atoms with Gasteiger partial charge in [-0.1, -0.05) is 28.9 Å². The SMILES string of the molecule is Cc1noc(C)c1NC(=O)NCC(O)c1ccc(Cl)cc1. The van der Waals surface area contributed by atoms with E-state index in [0.29, 0.717) is 27.7 Å². The van der Waals surface area contributed by atoms with Crippen LogP contribution in [-0.4, -0.2) is 22.8 Å². The standard InChI is InChI=1S/C14H16ClN3O3/c1-8-13(9(2)21-18-8)17-14(20)16-7-12(19)10-3-5-11(15)6-4-10/h3-6,12,19H,7H2,1-2H3,(H2,16,17,20). The largest absolute Gasteiger partial charge is 0.387 e. The fourth-order valence-electron chi connectivity index (χ4n) is 1.81. The molecule has 0 aliphatic rings. The van der Waals surface area contributed by atoms with Crippen LogP contribution in [0, 0.1) is 13.8 Å². The van der Waals surface area contributed by atoms with E-state index in [9.17, 15) is 9.90 Å². The van der Waals surface area contributed by atoms with Gasteiger partial charge >= 0.3 is 6.03 Å². The fraction of sp³-hybridized carbons (Fsp3) is 0.286. The lowest BCUT2D eigenvalue weighted by Crippen LogP contribution is -2.32. The van der Waals surface area contributed by atoms with E-state index < -0.39 is 12.1 Å². The van der Waals surface area contributed by atoms with Crippen molar-refractivity contribution in [3.05, 3.63) is 46.3 Å². The number of aliphatic hydroxyl groups is 1. The number of nitrogens with one attached hydrogen (secondary N) is 2. The molecule has 1 unspecified atom stereocenters. The Morgan fingerprint density at radius 1 is 1.38 bits per heavy atom. The third kappa shape index (κ3) is 3.96. The fourth-order valence-corrected chi connectivity index (χ4v) is 1.94. The Morgan fingerprint density at radius 2 is 2.05 bits per heavy atom. The summed E-state index contributed by atoms with van der Waals surface area (Å²) in [6, 6.07) is 6.35. The van der Waals surface area contributed by atoms with Gasteiger partial charge in [0.25, 0.3) is 0 Å². The van der Waals surface area contributed by atoms with Crippen molar-refractivity contribution >= 4 is 23.3 Å². The predicted molar refractivity (Wildman–Crippen MR) is 79.4 cm³/mol. The van der Waals surface area contributed by atoms with Gasteiger partial charge in [-0.3, -0.25) is 0 Å². The molecule has 0 bridgehead atoms.